The van der Waals surface area contributed by atoms with Crippen molar-refractivity contribution in [3.8, 4) is 0 Å². The molecule has 2 fully saturated rings. The average Bonchev–Trinajstić information content (AvgIpc) is 3.02. The van der Waals surface area contributed by atoms with E-state index in [4.69, 9.17) is 4.74 Å². The lowest BCUT2D eigenvalue weighted by molar-refractivity contribution is -0.143. The van der Waals surface area contributed by atoms with E-state index < -0.39 is 17.7 Å². The molecule has 0 aliphatic carbocycles. The predicted octanol–water partition coefficient (Wildman–Crippen LogP) is 1.88. The summed E-state index contributed by atoms with van der Waals surface area (Å²) in [5, 5.41) is 9.66. The highest BCUT2D eigenvalue weighted by Crippen LogP contribution is 2.38. The Balaban J connectivity index is 1.85. The monoisotopic (exact) mass is 375 g/mol. The van der Waals surface area contributed by atoms with Crippen molar-refractivity contribution in [3.05, 3.63) is 29.8 Å². The Morgan fingerprint density at radius 3 is 2.37 bits per heavy atom. The molecule has 2 aliphatic rings. The first-order chi connectivity index (χ1) is 12.9. The molecule has 1 unspecified atom stereocenters. The number of carboxylic acids is 1. The van der Waals surface area contributed by atoms with Gasteiger partial charge in [0, 0.05) is 51.3 Å². The number of carbonyl (C=O) groups is 2. The van der Waals surface area contributed by atoms with E-state index >= 15 is 0 Å². The molecule has 3 rings (SSSR count). The third-order valence-electron chi connectivity index (χ3n) is 5.57. The molecule has 1 spiro atoms. The molecule has 2 saturated heterocycles. The van der Waals surface area contributed by atoms with Crippen molar-refractivity contribution in [2.24, 2.45) is 0 Å². The summed E-state index contributed by atoms with van der Waals surface area (Å²) in [6.07, 6.45) is 2.35. The smallest absolute Gasteiger partial charge is 0.328 e. The molecule has 1 amide bonds. The number of benzene rings is 1. The molecule has 0 saturated carbocycles. The van der Waals surface area contributed by atoms with Gasteiger partial charge < -0.3 is 19.6 Å². The van der Waals surface area contributed by atoms with Gasteiger partial charge in [-0.25, -0.2) is 4.79 Å². The highest BCUT2D eigenvalue weighted by molar-refractivity contribution is 5.97. The van der Waals surface area contributed by atoms with Gasteiger partial charge in [0.2, 0.25) is 0 Å². The number of hydrogen-bond donors (Lipinski definition) is 1. The van der Waals surface area contributed by atoms with Crippen molar-refractivity contribution >= 4 is 17.6 Å². The minimum atomic E-state index is -1.01. The maximum atomic E-state index is 13.3. The highest BCUT2D eigenvalue weighted by atomic mass is 16.5. The molecular formula is C20H29N3O4. The standard InChI is InChI=1S/C20H29N3O4/c1-4-11-22-12-9-20(10-13-22)23(17(14-27-20)19(25)26)18(24)15-5-7-16(8-6-15)21(2)3/h5-8,17H,4,9-14H2,1-3H3,(H,25,26). The summed E-state index contributed by atoms with van der Waals surface area (Å²) in [4.78, 5) is 30.9. The van der Waals surface area contributed by atoms with Gasteiger partial charge >= 0.3 is 5.97 Å². The fourth-order valence-corrected chi connectivity index (χ4v) is 4.04. The number of aliphatic carboxylic acids is 1. The van der Waals surface area contributed by atoms with Crippen LogP contribution in [0, 0.1) is 0 Å². The second-order valence-corrected chi connectivity index (χ2v) is 7.57. The molecule has 1 atom stereocenters. The van der Waals surface area contributed by atoms with Crippen LogP contribution in [-0.4, -0.2) is 78.9 Å². The molecule has 7 nitrogen and oxygen atoms in total. The van der Waals surface area contributed by atoms with Crippen LogP contribution in [0.1, 0.15) is 36.5 Å². The zero-order valence-electron chi connectivity index (χ0n) is 16.4. The van der Waals surface area contributed by atoms with Gasteiger partial charge in [0.25, 0.3) is 5.91 Å². The van der Waals surface area contributed by atoms with Crippen molar-refractivity contribution in [3.63, 3.8) is 0 Å². The number of ether oxygens (including phenoxy) is 1. The molecule has 0 radical (unpaired) electrons. The summed E-state index contributed by atoms with van der Waals surface area (Å²) < 4.78 is 5.99. The first-order valence-corrected chi connectivity index (χ1v) is 9.58. The number of carbonyl (C=O) groups excluding carboxylic acids is 1. The summed E-state index contributed by atoms with van der Waals surface area (Å²) in [7, 11) is 3.87. The quantitative estimate of drug-likeness (QED) is 0.847. The average molecular weight is 375 g/mol. The number of carboxylic acid groups (broad SMARTS) is 1. The Bertz CT molecular complexity index is 681. The number of likely N-dealkylation sites (tertiary alicyclic amines) is 1. The molecule has 7 heteroatoms. The van der Waals surface area contributed by atoms with E-state index in [1.165, 1.54) is 4.90 Å². The van der Waals surface area contributed by atoms with Gasteiger partial charge in [-0.15, -0.1) is 0 Å². The number of anilines is 1. The zero-order valence-corrected chi connectivity index (χ0v) is 16.4. The van der Waals surface area contributed by atoms with Crippen molar-refractivity contribution in [2.75, 3.05) is 45.2 Å². The molecule has 0 bridgehead atoms. The van der Waals surface area contributed by atoms with Crippen LogP contribution in [0.15, 0.2) is 24.3 Å². The Kier molecular flexibility index (Phi) is 5.72. The van der Waals surface area contributed by atoms with E-state index in [1.54, 1.807) is 12.1 Å². The summed E-state index contributed by atoms with van der Waals surface area (Å²) in [6.45, 7) is 4.82. The van der Waals surface area contributed by atoms with Gasteiger partial charge in [0.1, 0.15) is 5.72 Å². The van der Waals surface area contributed by atoms with Crippen molar-refractivity contribution in [1.29, 1.82) is 0 Å². The van der Waals surface area contributed by atoms with Gasteiger partial charge in [-0.3, -0.25) is 9.69 Å². The Hall–Kier alpha value is -2.12. The van der Waals surface area contributed by atoms with Crippen LogP contribution < -0.4 is 4.90 Å². The molecule has 1 aromatic rings. The fraction of sp³-hybridized carbons (Fsp3) is 0.600. The topological polar surface area (TPSA) is 73.3 Å². The minimum absolute atomic E-state index is 0.0463. The van der Waals surface area contributed by atoms with E-state index in [0.717, 1.165) is 31.7 Å². The molecule has 2 aliphatic heterocycles. The Morgan fingerprint density at radius 1 is 1.22 bits per heavy atom. The number of nitrogens with zero attached hydrogens (tertiary/aromatic N) is 3. The molecule has 1 aromatic carbocycles. The summed E-state index contributed by atoms with van der Waals surface area (Å²) in [5.74, 6) is -1.28. The van der Waals surface area contributed by atoms with Crippen molar-refractivity contribution in [1.82, 2.24) is 9.80 Å². The van der Waals surface area contributed by atoms with Gasteiger partial charge in [0.05, 0.1) is 6.61 Å². The van der Waals surface area contributed by atoms with E-state index in [0.29, 0.717) is 18.4 Å². The van der Waals surface area contributed by atoms with Gasteiger partial charge in [0.15, 0.2) is 6.04 Å². The van der Waals surface area contributed by atoms with Crippen LogP contribution in [0.4, 0.5) is 5.69 Å². The molecule has 0 aromatic heterocycles. The molecular weight excluding hydrogens is 346 g/mol. The summed E-state index contributed by atoms with van der Waals surface area (Å²) >= 11 is 0. The Morgan fingerprint density at radius 2 is 1.85 bits per heavy atom. The Labute approximate surface area is 160 Å². The van der Waals surface area contributed by atoms with Crippen molar-refractivity contribution < 1.29 is 19.4 Å². The van der Waals surface area contributed by atoms with Crippen LogP contribution in [0.25, 0.3) is 0 Å². The molecule has 148 valence electrons. The zero-order chi connectivity index (χ0) is 19.6. The van der Waals surface area contributed by atoms with Gasteiger partial charge in [-0.2, -0.15) is 0 Å². The third-order valence-corrected chi connectivity index (χ3v) is 5.57. The normalized spacial score (nSPS) is 22.2. The summed E-state index contributed by atoms with van der Waals surface area (Å²) in [5.41, 5.74) is 0.666. The van der Waals surface area contributed by atoms with Crippen LogP contribution in [0.3, 0.4) is 0 Å². The van der Waals surface area contributed by atoms with Crippen LogP contribution >= 0.6 is 0 Å². The number of hydrogen-bond acceptors (Lipinski definition) is 5. The van der Waals surface area contributed by atoms with E-state index in [1.807, 2.05) is 31.1 Å². The third kappa shape index (κ3) is 3.80. The lowest BCUT2D eigenvalue weighted by Crippen LogP contribution is -2.58. The van der Waals surface area contributed by atoms with Crippen LogP contribution in [0.2, 0.25) is 0 Å². The van der Waals surface area contributed by atoms with Crippen LogP contribution in [-0.2, 0) is 9.53 Å². The maximum absolute atomic E-state index is 13.3. The fourth-order valence-electron chi connectivity index (χ4n) is 4.04. The van der Waals surface area contributed by atoms with E-state index in [2.05, 4.69) is 11.8 Å². The summed E-state index contributed by atoms with van der Waals surface area (Å²) in [6, 6.07) is 6.32. The van der Waals surface area contributed by atoms with E-state index in [-0.39, 0.29) is 12.5 Å². The SMILES string of the molecule is CCCN1CCC2(CC1)OCC(C(=O)O)N2C(=O)c1ccc(N(C)C)cc1. The first kappa shape index (κ1) is 19.6. The first-order valence-electron chi connectivity index (χ1n) is 9.58. The minimum Gasteiger partial charge on any atom is -0.480 e. The second kappa shape index (κ2) is 7.86. The lowest BCUT2D eigenvalue weighted by Gasteiger charge is -2.44. The van der Waals surface area contributed by atoms with Crippen LogP contribution in [0.5, 0.6) is 0 Å². The lowest BCUT2D eigenvalue weighted by atomic mass is 9.96. The van der Waals surface area contributed by atoms with Crippen molar-refractivity contribution in [2.45, 2.75) is 38.0 Å². The number of rotatable bonds is 5. The number of amides is 1. The molecule has 2 heterocycles. The molecule has 27 heavy (non-hydrogen) atoms. The number of piperidine rings is 1. The van der Waals surface area contributed by atoms with E-state index in [9.17, 15) is 14.7 Å². The largest absolute Gasteiger partial charge is 0.480 e. The molecule has 1 N–H and O–H groups in total. The highest BCUT2D eigenvalue weighted by Gasteiger charge is 2.53. The predicted molar refractivity (Wildman–Crippen MR) is 103 cm³/mol. The van der Waals surface area contributed by atoms with Gasteiger partial charge in [-0.05, 0) is 37.2 Å². The van der Waals surface area contributed by atoms with Gasteiger partial charge in [-0.1, -0.05) is 6.92 Å². The maximum Gasteiger partial charge on any atom is 0.328 e. The second-order valence-electron chi connectivity index (χ2n) is 7.57.